The van der Waals surface area contributed by atoms with Gasteiger partial charge in [0.15, 0.2) is 4.84 Å². The maximum atomic E-state index is 11.4. The van der Waals surface area contributed by atoms with Crippen LogP contribution in [0.2, 0.25) is 0 Å². The Balaban J connectivity index is 4.68. The molecular weight excluding hydrogens is 333 g/mol. The molecule has 0 aliphatic carbocycles. The molecule has 0 radical (unpaired) electrons. The molecule has 9 heteroatoms. The van der Waals surface area contributed by atoms with Crippen molar-refractivity contribution < 1.29 is 9.59 Å². The van der Waals surface area contributed by atoms with Crippen LogP contribution in [0.5, 0.6) is 0 Å². The molecule has 0 spiro atoms. The normalized spacial score (nSPS) is 13.7. The first-order chi connectivity index (χ1) is 7.55. The van der Waals surface area contributed by atoms with E-state index >= 15 is 0 Å². The molecule has 2 amide bonds. The summed E-state index contributed by atoms with van der Waals surface area (Å²) in [5, 5.41) is 4.57. The van der Waals surface area contributed by atoms with Crippen molar-refractivity contribution in [2.75, 3.05) is 0 Å². The van der Waals surface area contributed by atoms with E-state index in [1.165, 1.54) is 0 Å². The van der Waals surface area contributed by atoms with Crippen LogP contribution in [0.4, 0.5) is 0 Å². The lowest BCUT2D eigenvalue weighted by atomic mass is 10.2. The number of halogens is 5. The fourth-order valence-electron chi connectivity index (χ4n) is 0.714. The maximum Gasteiger partial charge on any atom is 0.255 e. The zero-order valence-corrected chi connectivity index (χ0v) is 12.7. The topological polar surface area (TPSA) is 58.2 Å². The van der Waals surface area contributed by atoms with Gasteiger partial charge in [0.2, 0.25) is 9.70 Å². The van der Waals surface area contributed by atoms with Gasteiger partial charge in [0.05, 0.1) is 0 Å². The van der Waals surface area contributed by atoms with Gasteiger partial charge >= 0.3 is 0 Å². The van der Waals surface area contributed by atoms with Crippen LogP contribution in [-0.4, -0.2) is 26.6 Å². The third-order valence-electron chi connectivity index (χ3n) is 1.62. The standard InChI is InChI=1S/C8H11Cl5N2O2/c1-3(2)5(16)14-7(8(11,12)13)15-6(17)4(9)10/h3-4,7H,1-2H3,(H,14,16)(H,15,17). The van der Waals surface area contributed by atoms with Gasteiger partial charge in [-0.25, -0.2) is 0 Å². The largest absolute Gasteiger partial charge is 0.332 e. The molecule has 1 atom stereocenters. The van der Waals surface area contributed by atoms with Crippen molar-refractivity contribution >= 4 is 69.8 Å². The van der Waals surface area contributed by atoms with Gasteiger partial charge in [-0.3, -0.25) is 9.59 Å². The van der Waals surface area contributed by atoms with E-state index < -0.39 is 20.7 Å². The van der Waals surface area contributed by atoms with Crippen LogP contribution in [0.15, 0.2) is 0 Å². The number of hydrogen-bond acceptors (Lipinski definition) is 2. The molecule has 0 rings (SSSR count). The van der Waals surface area contributed by atoms with Gasteiger partial charge < -0.3 is 10.6 Å². The summed E-state index contributed by atoms with van der Waals surface area (Å²) < 4.78 is -1.91. The maximum absolute atomic E-state index is 11.4. The SMILES string of the molecule is CC(C)C(=O)NC(NC(=O)C(Cl)Cl)C(Cl)(Cl)Cl. The summed E-state index contributed by atoms with van der Waals surface area (Å²) in [6.45, 7) is 3.30. The Morgan fingerprint density at radius 3 is 1.71 bits per heavy atom. The third kappa shape index (κ3) is 6.77. The van der Waals surface area contributed by atoms with Gasteiger partial charge in [-0.2, -0.15) is 0 Å². The molecule has 0 aromatic rings. The molecule has 0 heterocycles. The fraction of sp³-hybridized carbons (Fsp3) is 0.750. The number of alkyl halides is 5. The van der Waals surface area contributed by atoms with Crippen molar-refractivity contribution in [1.82, 2.24) is 10.6 Å². The van der Waals surface area contributed by atoms with E-state index in [1.54, 1.807) is 13.8 Å². The molecule has 100 valence electrons. The van der Waals surface area contributed by atoms with Gasteiger partial charge in [0.1, 0.15) is 6.17 Å². The number of carbonyl (C=O) groups excluding carboxylic acids is 2. The lowest BCUT2D eigenvalue weighted by Crippen LogP contribution is -2.57. The quantitative estimate of drug-likeness (QED) is 0.608. The highest BCUT2D eigenvalue weighted by Gasteiger charge is 2.36. The lowest BCUT2D eigenvalue weighted by Gasteiger charge is -2.27. The van der Waals surface area contributed by atoms with Crippen LogP contribution in [-0.2, 0) is 9.59 Å². The Morgan fingerprint density at radius 1 is 1.00 bits per heavy atom. The second kappa shape index (κ2) is 7.10. The van der Waals surface area contributed by atoms with Gasteiger partial charge in [-0.05, 0) is 0 Å². The molecule has 0 saturated carbocycles. The highest BCUT2D eigenvalue weighted by Crippen LogP contribution is 2.29. The van der Waals surface area contributed by atoms with Gasteiger partial charge in [-0.1, -0.05) is 71.9 Å². The van der Waals surface area contributed by atoms with Crippen molar-refractivity contribution in [3.8, 4) is 0 Å². The van der Waals surface area contributed by atoms with Crippen molar-refractivity contribution in [2.24, 2.45) is 5.92 Å². The minimum atomic E-state index is -1.91. The summed E-state index contributed by atoms with van der Waals surface area (Å²) in [6, 6.07) is 0. The molecule has 0 aromatic carbocycles. The summed E-state index contributed by atoms with van der Waals surface area (Å²) in [4.78, 5) is 21.4. The molecule has 0 aliphatic heterocycles. The second-order valence-corrected chi connectivity index (χ2v) is 6.91. The molecule has 0 fully saturated rings. The third-order valence-corrected chi connectivity index (χ3v) is 2.67. The molecule has 0 aliphatic rings. The summed E-state index contributed by atoms with van der Waals surface area (Å²) >= 11 is 27.5. The molecule has 0 bridgehead atoms. The number of hydrogen-bond donors (Lipinski definition) is 2. The lowest BCUT2D eigenvalue weighted by molar-refractivity contribution is -0.125. The molecular formula is C8H11Cl5N2O2. The van der Waals surface area contributed by atoms with Crippen LogP contribution in [0.25, 0.3) is 0 Å². The van der Waals surface area contributed by atoms with Crippen molar-refractivity contribution in [1.29, 1.82) is 0 Å². The number of nitrogens with one attached hydrogen (secondary N) is 2. The Bertz CT molecular complexity index is 268. The van der Waals surface area contributed by atoms with Crippen molar-refractivity contribution in [3.63, 3.8) is 0 Å². The van der Waals surface area contributed by atoms with Gasteiger partial charge in [0.25, 0.3) is 5.91 Å². The summed E-state index contributed by atoms with van der Waals surface area (Å²) in [5.41, 5.74) is 0. The van der Waals surface area contributed by atoms with E-state index in [0.29, 0.717) is 0 Å². The van der Waals surface area contributed by atoms with Crippen LogP contribution >= 0.6 is 58.0 Å². The second-order valence-electron chi connectivity index (χ2n) is 3.45. The van der Waals surface area contributed by atoms with E-state index in [0.717, 1.165) is 0 Å². The first kappa shape index (κ1) is 17.4. The van der Waals surface area contributed by atoms with E-state index in [-0.39, 0.29) is 11.8 Å². The minimum Gasteiger partial charge on any atom is -0.332 e. The smallest absolute Gasteiger partial charge is 0.255 e. The molecule has 1 unspecified atom stereocenters. The van der Waals surface area contributed by atoms with Crippen LogP contribution < -0.4 is 10.6 Å². The first-order valence-electron chi connectivity index (χ1n) is 4.51. The molecule has 17 heavy (non-hydrogen) atoms. The Kier molecular flexibility index (Phi) is 7.26. The van der Waals surface area contributed by atoms with Crippen molar-refractivity contribution in [2.45, 2.75) is 28.6 Å². The highest BCUT2D eigenvalue weighted by molar-refractivity contribution is 6.68. The number of carbonyl (C=O) groups is 2. The van der Waals surface area contributed by atoms with Crippen molar-refractivity contribution in [3.05, 3.63) is 0 Å². The zero-order chi connectivity index (χ0) is 13.8. The number of amides is 2. The van der Waals surface area contributed by atoms with Crippen LogP contribution in [0.1, 0.15) is 13.8 Å². The Morgan fingerprint density at radius 2 is 1.41 bits per heavy atom. The average Bonchev–Trinajstić information content (AvgIpc) is 2.14. The highest BCUT2D eigenvalue weighted by atomic mass is 35.6. The monoisotopic (exact) mass is 342 g/mol. The number of rotatable bonds is 4. The molecule has 4 nitrogen and oxygen atoms in total. The summed E-state index contributed by atoms with van der Waals surface area (Å²) in [6.07, 6.45) is -1.21. The summed E-state index contributed by atoms with van der Waals surface area (Å²) in [7, 11) is 0. The van der Waals surface area contributed by atoms with Crippen LogP contribution in [0, 0.1) is 5.92 Å². The van der Waals surface area contributed by atoms with Gasteiger partial charge in [-0.15, -0.1) is 0 Å². The zero-order valence-electron chi connectivity index (χ0n) is 8.94. The van der Waals surface area contributed by atoms with Crippen LogP contribution in [0.3, 0.4) is 0 Å². The average molecular weight is 344 g/mol. The van der Waals surface area contributed by atoms with E-state index in [4.69, 9.17) is 58.0 Å². The predicted molar refractivity (Wildman–Crippen MR) is 70.7 cm³/mol. The molecule has 2 N–H and O–H groups in total. The Hall–Kier alpha value is 0.390. The fourth-order valence-corrected chi connectivity index (χ4v) is 1.17. The van der Waals surface area contributed by atoms with E-state index in [9.17, 15) is 9.59 Å². The first-order valence-corrected chi connectivity index (χ1v) is 6.52. The van der Waals surface area contributed by atoms with E-state index in [1.807, 2.05) is 0 Å². The predicted octanol–water partition coefficient (Wildman–Crippen LogP) is 2.37. The molecule has 0 saturated heterocycles. The van der Waals surface area contributed by atoms with E-state index in [2.05, 4.69) is 10.6 Å². The molecule has 0 aromatic heterocycles. The minimum absolute atomic E-state index is 0.329. The Labute approximate surface area is 124 Å². The summed E-state index contributed by atoms with van der Waals surface area (Å²) in [5.74, 6) is -1.49. The van der Waals surface area contributed by atoms with Gasteiger partial charge in [0, 0.05) is 5.92 Å².